The van der Waals surface area contributed by atoms with Crippen molar-refractivity contribution in [1.29, 1.82) is 0 Å². The first-order valence-corrected chi connectivity index (χ1v) is 9.38. The van der Waals surface area contributed by atoms with Crippen molar-refractivity contribution in [2.45, 2.75) is 31.5 Å². The minimum atomic E-state index is -1.25. The van der Waals surface area contributed by atoms with Crippen molar-refractivity contribution in [3.8, 4) is 10.4 Å². The van der Waals surface area contributed by atoms with Crippen LogP contribution in [0.3, 0.4) is 0 Å². The second-order valence-electron chi connectivity index (χ2n) is 6.47. The predicted octanol–water partition coefficient (Wildman–Crippen LogP) is 1.38. The summed E-state index contributed by atoms with van der Waals surface area (Å²) in [5.74, 6) is -0.532. The Morgan fingerprint density at radius 2 is 2.07 bits per heavy atom. The maximum absolute atomic E-state index is 12.5. The number of hydrogen-bond donors (Lipinski definition) is 4. The molecule has 144 valence electrons. The Morgan fingerprint density at radius 1 is 1.37 bits per heavy atom. The van der Waals surface area contributed by atoms with Crippen LogP contribution in [-0.4, -0.2) is 62.5 Å². The zero-order chi connectivity index (χ0) is 19.6. The Bertz CT molecular complexity index is 823. The number of aliphatic hydroxyl groups is 2. The van der Waals surface area contributed by atoms with Crippen LogP contribution >= 0.6 is 11.3 Å². The van der Waals surface area contributed by atoms with Gasteiger partial charge >= 0.3 is 6.09 Å². The number of carbonyl (C=O) groups is 2. The first kappa shape index (κ1) is 19.3. The number of aromatic nitrogens is 1. The molecule has 0 saturated carbocycles. The van der Waals surface area contributed by atoms with Gasteiger partial charge in [0.15, 0.2) is 0 Å². The maximum Gasteiger partial charge on any atom is 0.408 e. The molecule has 2 amide bonds. The third-order valence-electron chi connectivity index (χ3n) is 4.65. The summed E-state index contributed by atoms with van der Waals surface area (Å²) < 4.78 is 0. The number of amides is 2. The third kappa shape index (κ3) is 4.10. The van der Waals surface area contributed by atoms with E-state index in [2.05, 4.69) is 10.3 Å². The number of β-amino-alcohol motifs (C(OH)–C–C–N with tert-alkyl or cyclic N) is 1. The Hall–Kier alpha value is -2.49. The zero-order valence-corrected chi connectivity index (χ0v) is 15.5. The number of rotatable bonds is 5. The van der Waals surface area contributed by atoms with E-state index in [9.17, 15) is 24.9 Å². The molecular formula is C18H21N3O5S. The van der Waals surface area contributed by atoms with Gasteiger partial charge in [0.25, 0.3) is 0 Å². The highest BCUT2D eigenvalue weighted by atomic mass is 32.1. The van der Waals surface area contributed by atoms with Crippen molar-refractivity contribution < 1.29 is 24.9 Å². The van der Waals surface area contributed by atoms with Crippen LogP contribution in [0.4, 0.5) is 4.79 Å². The van der Waals surface area contributed by atoms with E-state index in [1.165, 1.54) is 11.3 Å². The molecule has 8 nitrogen and oxygen atoms in total. The minimum Gasteiger partial charge on any atom is -0.465 e. The van der Waals surface area contributed by atoms with Crippen molar-refractivity contribution >= 4 is 23.3 Å². The normalized spacial score (nSPS) is 20.5. The van der Waals surface area contributed by atoms with Crippen LogP contribution in [0.15, 0.2) is 29.8 Å². The van der Waals surface area contributed by atoms with Crippen LogP contribution in [0.1, 0.15) is 23.7 Å². The number of aliphatic hydroxyl groups excluding tert-OH is 2. The number of likely N-dealkylation sites (tertiary alicyclic amines) is 1. The summed E-state index contributed by atoms with van der Waals surface area (Å²) in [4.78, 5) is 30.0. The van der Waals surface area contributed by atoms with Gasteiger partial charge in [-0.05, 0) is 18.1 Å². The van der Waals surface area contributed by atoms with Crippen molar-refractivity contribution in [1.82, 2.24) is 15.2 Å². The highest BCUT2D eigenvalue weighted by molar-refractivity contribution is 7.13. The smallest absolute Gasteiger partial charge is 0.408 e. The van der Waals surface area contributed by atoms with Crippen LogP contribution in [0.25, 0.3) is 10.4 Å². The molecule has 4 N–H and O–H groups in total. The zero-order valence-electron chi connectivity index (χ0n) is 14.7. The second kappa shape index (κ2) is 8.03. The molecule has 1 aromatic heterocycles. The Labute approximate surface area is 160 Å². The Kier molecular flexibility index (Phi) is 5.73. The summed E-state index contributed by atoms with van der Waals surface area (Å²) in [6, 6.07) is 5.79. The van der Waals surface area contributed by atoms with E-state index in [0.29, 0.717) is 5.56 Å². The fourth-order valence-corrected chi connectivity index (χ4v) is 4.03. The fraction of sp³-hybridized carbons (Fsp3) is 0.389. The average Bonchev–Trinajstić information content (AvgIpc) is 3.25. The third-order valence-corrected chi connectivity index (χ3v) is 5.62. The van der Waals surface area contributed by atoms with Crippen LogP contribution in [0.5, 0.6) is 0 Å². The van der Waals surface area contributed by atoms with Crippen molar-refractivity contribution in [2.24, 2.45) is 0 Å². The molecule has 1 aliphatic rings. The van der Waals surface area contributed by atoms with Gasteiger partial charge in [-0.2, -0.15) is 0 Å². The van der Waals surface area contributed by atoms with E-state index in [1.807, 2.05) is 31.2 Å². The summed E-state index contributed by atoms with van der Waals surface area (Å²) in [5, 5.41) is 31.2. The maximum atomic E-state index is 12.5. The monoisotopic (exact) mass is 391 g/mol. The number of hydrogen-bond acceptors (Lipinski definition) is 6. The van der Waals surface area contributed by atoms with Gasteiger partial charge in [-0.1, -0.05) is 24.3 Å². The average molecular weight is 391 g/mol. The van der Waals surface area contributed by atoms with Crippen LogP contribution < -0.4 is 5.32 Å². The van der Waals surface area contributed by atoms with Crippen LogP contribution in [-0.2, 0) is 4.79 Å². The number of benzene rings is 1. The number of carbonyl (C=O) groups excluding carboxylic acids is 1. The van der Waals surface area contributed by atoms with Gasteiger partial charge in [-0.3, -0.25) is 9.69 Å². The first-order valence-electron chi connectivity index (χ1n) is 8.50. The van der Waals surface area contributed by atoms with Gasteiger partial charge in [-0.25, -0.2) is 9.78 Å². The van der Waals surface area contributed by atoms with Gasteiger partial charge in [0.1, 0.15) is 6.04 Å². The molecule has 27 heavy (non-hydrogen) atoms. The molecule has 1 fully saturated rings. The van der Waals surface area contributed by atoms with Gasteiger partial charge in [0, 0.05) is 6.42 Å². The number of nitrogens with one attached hydrogen (secondary N) is 1. The lowest BCUT2D eigenvalue weighted by atomic mass is 10.0. The van der Waals surface area contributed by atoms with Gasteiger partial charge < -0.3 is 20.6 Å². The quantitative estimate of drug-likeness (QED) is 0.611. The summed E-state index contributed by atoms with van der Waals surface area (Å²) in [5.41, 5.74) is 4.42. The molecule has 3 atom stereocenters. The van der Waals surface area contributed by atoms with E-state index < -0.39 is 30.2 Å². The molecule has 9 heteroatoms. The van der Waals surface area contributed by atoms with Crippen LogP contribution in [0.2, 0.25) is 0 Å². The van der Waals surface area contributed by atoms with E-state index >= 15 is 0 Å². The summed E-state index contributed by atoms with van der Waals surface area (Å²) >= 11 is 1.54. The van der Waals surface area contributed by atoms with Crippen molar-refractivity contribution in [2.75, 3.05) is 13.2 Å². The van der Waals surface area contributed by atoms with Crippen molar-refractivity contribution in [3.05, 3.63) is 41.0 Å². The number of aryl methyl sites for hydroxylation is 1. The molecular weight excluding hydrogens is 370 g/mol. The second-order valence-corrected chi connectivity index (χ2v) is 7.33. The number of carboxylic acid groups (broad SMARTS) is 1. The molecule has 1 saturated heterocycles. The van der Waals surface area contributed by atoms with E-state index in [4.69, 9.17) is 0 Å². The van der Waals surface area contributed by atoms with E-state index in [-0.39, 0.29) is 19.6 Å². The van der Waals surface area contributed by atoms with E-state index in [0.717, 1.165) is 21.0 Å². The molecule has 0 radical (unpaired) electrons. The van der Waals surface area contributed by atoms with E-state index in [1.54, 1.807) is 5.51 Å². The molecule has 1 aliphatic heterocycles. The lowest BCUT2D eigenvalue weighted by molar-refractivity contribution is -0.126. The Balaban J connectivity index is 1.72. The largest absolute Gasteiger partial charge is 0.465 e. The topological polar surface area (TPSA) is 123 Å². The molecule has 0 bridgehead atoms. The van der Waals surface area contributed by atoms with Gasteiger partial charge in [0.2, 0.25) is 5.91 Å². The summed E-state index contributed by atoms with van der Waals surface area (Å²) in [6.45, 7) is 1.51. The van der Waals surface area contributed by atoms with Gasteiger partial charge in [0.05, 0.1) is 41.4 Å². The molecule has 0 aliphatic carbocycles. The minimum absolute atomic E-state index is 0.0415. The standard InChI is InChI=1S/C18H21N3O5S/c1-10-16(27-9-19-10)12-4-2-11(3-5-12)14(8-22)20-17(24)15-6-13(23)7-21(15)18(25)26/h2-5,9,13-15,22-23H,6-8H2,1H3,(H,20,24)(H,25,26)/t13-,14?,15+/m1/s1. The molecule has 3 rings (SSSR count). The highest BCUT2D eigenvalue weighted by Crippen LogP contribution is 2.28. The van der Waals surface area contributed by atoms with Gasteiger partial charge in [-0.15, -0.1) is 11.3 Å². The lowest BCUT2D eigenvalue weighted by Crippen LogP contribution is -2.46. The van der Waals surface area contributed by atoms with Crippen molar-refractivity contribution in [3.63, 3.8) is 0 Å². The lowest BCUT2D eigenvalue weighted by Gasteiger charge is -2.24. The van der Waals surface area contributed by atoms with Crippen LogP contribution in [0, 0.1) is 6.92 Å². The molecule has 2 aromatic rings. The molecule has 1 unspecified atom stereocenters. The molecule has 2 heterocycles. The molecule has 0 spiro atoms. The highest BCUT2D eigenvalue weighted by Gasteiger charge is 2.39. The predicted molar refractivity (Wildman–Crippen MR) is 99.4 cm³/mol. The fourth-order valence-electron chi connectivity index (χ4n) is 3.22. The summed E-state index contributed by atoms with van der Waals surface area (Å²) in [6.07, 6.45) is -2.08. The summed E-state index contributed by atoms with van der Waals surface area (Å²) in [7, 11) is 0. The number of thiazole rings is 1. The first-order chi connectivity index (χ1) is 12.9. The SMILES string of the molecule is Cc1ncsc1-c1ccc(C(CO)NC(=O)[C@@H]2C[C@@H](O)CN2C(=O)O)cc1. The molecule has 1 aromatic carbocycles. The number of nitrogens with zero attached hydrogens (tertiary/aromatic N) is 2. The Morgan fingerprint density at radius 3 is 2.63 bits per heavy atom.